The van der Waals surface area contributed by atoms with Crippen LogP contribution in [0.15, 0.2) is 21.5 Å². The Kier molecular flexibility index (Phi) is 5.97. The van der Waals surface area contributed by atoms with E-state index in [1.165, 1.54) is 6.07 Å². The van der Waals surface area contributed by atoms with Crippen molar-refractivity contribution in [2.75, 3.05) is 5.73 Å². The molecule has 0 fully saturated rings. The Morgan fingerprint density at radius 2 is 1.90 bits per heavy atom. The molecule has 0 saturated carbocycles. The average Bonchev–Trinajstić information content (AvgIpc) is 2.30. The molecule has 0 aliphatic rings. The van der Waals surface area contributed by atoms with E-state index in [1.807, 2.05) is 0 Å². The molecule has 114 valence electrons. The fourth-order valence-electron chi connectivity index (χ4n) is 1.75. The summed E-state index contributed by atoms with van der Waals surface area (Å²) in [5, 5.41) is 0. The number of nitrogens with two attached hydrogens (primary N) is 1. The zero-order valence-corrected chi connectivity index (χ0v) is 14.2. The standard InChI is InChI=1S/C13H20BrFN2O2S/c1-8(2)4-5-9(3)17-20(18,19)12-7-10(16)6-11(14)13(12)15/h6-9,17H,4-5,16H2,1-3H3. The highest BCUT2D eigenvalue weighted by atomic mass is 79.9. The van der Waals surface area contributed by atoms with Crippen LogP contribution in [0.4, 0.5) is 10.1 Å². The van der Waals surface area contributed by atoms with Crippen molar-refractivity contribution in [3.05, 3.63) is 22.4 Å². The molecule has 1 aromatic carbocycles. The van der Waals surface area contributed by atoms with Crippen LogP contribution in [0.5, 0.6) is 0 Å². The quantitative estimate of drug-likeness (QED) is 0.758. The second kappa shape index (κ2) is 6.87. The van der Waals surface area contributed by atoms with E-state index in [4.69, 9.17) is 5.73 Å². The summed E-state index contributed by atoms with van der Waals surface area (Å²) in [6.07, 6.45) is 1.59. The molecule has 1 unspecified atom stereocenters. The Morgan fingerprint density at radius 3 is 2.45 bits per heavy atom. The van der Waals surface area contributed by atoms with Crippen molar-refractivity contribution < 1.29 is 12.8 Å². The van der Waals surface area contributed by atoms with Crippen molar-refractivity contribution >= 4 is 31.6 Å². The fraction of sp³-hybridized carbons (Fsp3) is 0.538. The van der Waals surface area contributed by atoms with Crippen LogP contribution in [0.3, 0.4) is 0 Å². The SMILES string of the molecule is CC(C)CCC(C)NS(=O)(=O)c1cc(N)cc(Br)c1F. The molecule has 0 aliphatic heterocycles. The zero-order valence-electron chi connectivity index (χ0n) is 11.8. The van der Waals surface area contributed by atoms with Crippen LogP contribution < -0.4 is 10.5 Å². The van der Waals surface area contributed by atoms with Gasteiger partial charge in [0.15, 0.2) is 5.82 Å². The highest BCUT2D eigenvalue weighted by Gasteiger charge is 2.23. The molecule has 0 amide bonds. The van der Waals surface area contributed by atoms with E-state index in [2.05, 4.69) is 34.5 Å². The van der Waals surface area contributed by atoms with Crippen LogP contribution in [0.2, 0.25) is 0 Å². The normalized spacial score (nSPS) is 13.7. The number of anilines is 1. The zero-order chi connectivity index (χ0) is 15.5. The van der Waals surface area contributed by atoms with Gasteiger partial charge in [-0.1, -0.05) is 13.8 Å². The number of hydrogen-bond acceptors (Lipinski definition) is 3. The minimum absolute atomic E-state index is 0.0349. The first-order valence-electron chi connectivity index (χ1n) is 6.40. The van der Waals surface area contributed by atoms with Gasteiger partial charge in [-0.05, 0) is 53.7 Å². The van der Waals surface area contributed by atoms with Crippen molar-refractivity contribution in [3.8, 4) is 0 Å². The molecule has 0 bridgehead atoms. The van der Waals surface area contributed by atoms with Crippen molar-refractivity contribution in [1.82, 2.24) is 4.72 Å². The summed E-state index contributed by atoms with van der Waals surface area (Å²) in [5.74, 6) is -0.344. The Bertz CT molecular complexity index is 576. The third kappa shape index (κ3) is 4.71. The number of halogens is 2. The minimum atomic E-state index is -3.92. The molecule has 20 heavy (non-hydrogen) atoms. The maximum atomic E-state index is 13.9. The lowest BCUT2D eigenvalue weighted by Gasteiger charge is -2.16. The van der Waals surface area contributed by atoms with Gasteiger partial charge in [-0.15, -0.1) is 0 Å². The van der Waals surface area contributed by atoms with E-state index in [0.29, 0.717) is 12.3 Å². The number of benzene rings is 1. The minimum Gasteiger partial charge on any atom is -0.399 e. The second-order valence-corrected chi connectivity index (χ2v) is 7.85. The lowest BCUT2D eigenvalue weighted by atomic mass is 10.1. The molecule has 0 saturated heterocycles. The topological polar surface area (TPSA) is 72.2 Å². The van der Waals surface area contributed by atoms with Crippen molar-refractivity contribution in [2.45, 2.75) is 44.6 Å². The van der Waals surface area contributed by atoms with E-state index in [9.17, 15) is 12.8 Å². The summed E-state index contributed by atoms with van der Waals surface area (Å²) in [6, 6.07) is 2.19. The van der Waals surface area contributed by atoms with Crippen LogP contribution >= 0.6 is 15.9 Å². The van der Waals surface area contributed by atoms with E-state index in [1.54, 1.807) is 6.92 Å². The second-order valence-electron chi connectivity index (χ2n) is 5.31. The van der Waals surface area contributed by atoms with Crippen LogP contribution in [0.1, 0.15) is 33.6 Å². The molecule has 1 aromatic rings. The molecule has 7 heteroatoms. The molecule has 3 N–H and O–H groups in total. The van der Waals surface area contributed by atoms with Crippen LogP contribution in [-0.2, 0) is 10.0 Å². The summed E-state index contributed by atoms with van der Waals surface area (Å²) in [7, 11) is -3.92. The Morgan fingerprint density at radius 1 is 1.30 bits per heavy atom. The Labute approximate surface area is 128 Å². The summed E-state index contributed by atoms with van der Waals surface area (Å²) in [5.41, 5.74) is 5.75. The average molecular weight is 367 g/mol. The van der Waals surface area contributed by atoms with Gasteiger partial charge in [0, 0.05) is 11.7 Å². The van der Waals surface area contributed by atoms with Crippen molar-refractivity contribution in [3.63, 3.8) is 0 Å². The number of hydrogen-bond donors (Lipinski definition) is 2. The number of sulfonamides is 1. The van der Waals surface area contributed by atoms with Crippen molar-refractivity contribution in [2.24, 2.45) is 5.92 Å². The molecule has 0 heterocycles. The first-order chi connectivity index (χ1) is 9.13. The summed E-state index contributed by atoms with van der Waals surface area (Å²) in [6.45, 7) is 5.89. The largest absolute Gasteiger partial charge is 0.399 e. The van der Waals surface area contributed by atoms with Gasteiger partial charge in [-0.2, -0.15) is 0 Å². The number of nitrogens with one attached hydrogen (secondary N) is 1. The molecule has 4 nitrogen and oxygen atoms in total. The molecule has 0 spiro atoms. The lowest BCUT2D eigenvalue weighted by Crippen LogP contribution is -2.33. The van der Waals surface area contributed by atoms with Crippen LogP contribution in [0, 0.1) is 11.7 Å². The van der Waals surface area contributed by atoms with Gasteiger partial charge in [-0.25, -0.2) is 17.5 Å². The van der Waals surface area contributed by atoms with E-state index >= 15 is 0 Å². The highest BCUT2D eigenvalue weighted by Crippen LogP contribution is 2.26. The Balaban J connectivity index is 2.94. The third-order valence-corrected chi connectivity index (χ3v) is 5.01. The van der Waals surface area contributed by atoms with Crippen molar-refractivity contribution in [1.29, 1.82) is 0 Å². The molecule has 0 aliphatic carbocycles. The fourth-order valence-corrected chi connectivity index (χ4v) is 3.77. The van der Waals surface area contributed by atoms with Crippen LogP contribution in [0.25, 0.3) is 0 Å². The maximum Gasteiger partial charge on any atom is 0.243 e. The molecule has 1 atom stereocenters. The Hall–Kier alpha value is -0.660. The molecular weight excluding hydrogens is 347 g/mol. The smallest absolute Gasteiger partial charge is 0.243 e. The number of rotatable bonds is 6. The van der Waals surface area contributed by atoms with Gasteiger partial charge in [0.05, 0.1) is 4.47 Å². The lowest BCUT2D eigenvalue weighted by molar-refractivity contribution is 0.482. The molecule has 1 rings (SSSR count). The van der Waals surface area contributed by atoms with Gasteiger partial charge < -0.3 is 5.73 Å². The van der Waals surface area contributed by atoms with Gasteiger partial charge in [-0.3, -0.25) is 0 Å². The summed E-state index contributed by atoms with van der Waals surface area (Å²) < 4.78 is 40.8. The highest BCUT2D eigenvalue weighted by molar-refractivity contribution is 9.10. The van der Waals surface area contributed by atoms with Gasteiger partial charge in [0.1, 0.15) is 4.90 Å². The van der Waals surface area contributed by atoms with Gasteiger partial charge in [0.25, 0.3) is 0 Å². The monoisotopic (exact) mass is 366 g/mol. The van der Waals surface area contributed by atoms with E-state index in [0.717, 1.165) is 12.5 Å². The summed E-state index contributed by atoms with van der Waals surface area (Å²) in [4.78, 5) is -0.430. The number of nitrogen functional groups attached to an aromatic ring is 1. The first kappa shape index (κ1) is 17.4. The molecular formula is C13H20BrFN2O2S. The molecule has 0 aromatic heterocycles. The van der Waals surface area contributed by atoms with E-state index < -0.39 is 20.7 Å². The summed E-state index contributed by atoms with van der Waals surface area (Å²) >= 11 is 2.96. The van der Waals surface area contributed by atoms with E-state index in [-0.39, 0.29) is 16.2 Å². The first-order valence-corrected chi connectivity index (χ1v) is 8.68. The molecule has 0 radical (unpaired) electrons. The third-order valence-electron chi connectivity index (χ3n) is 2.84. The predicted molar refractivity (Wildman–Crippen MR) is 82.4 cm³/mol. The maximum absolute atomic E-state index is 13.9. The van der Waals surface area contributed by atoms with Gasteiger partial charge in [0.2, 0.25) is 10.0 Å². The van der Waals surface area contributed by atoms with Crippen LogP contribution in [-0.4, -0.2) is 14.5 Å². The van der Waals surface area contributed by atoms with Gasteiger partial charge >= 0.3 is 0 Å². The predicted octanol–water partition coefficient (Wildman–Crippen LogP) is 3.27.